The number of nitrogens with zero attached hydrogens (tertiary/aromatic N) is 1. The van der Waals surface area contributed by atoms with Crippen molar-refractivity contribution in [2.45, 2.75) is 5.92 Å². The van der Waals surface area contributed by atoms with Gasteiger partial charge >= 0.3 is 0 Å². The van der Waals surface area contributed by atoms with Crippen molar-refractivity contribution >= 4 is 11.6 Å². The highest BCUT2D eigenvalue weighted by Crippen LogP contribution is 2.34. The van der Waals surface area contributed by atoms with Gasteiger partial charge in [0.05, 0.1) is 24.2 Å². The van der Waals surface area contributed by atoms with Crippen LogP contribution in [-0.4, -0.2) is 13.2 Å². The summed E-state index contributed by atoms with van der Waals surface area (Å²) in [7, 11) is 0. The Hall–Kier alpha value is -2.18. The number of para-hydroxylation sites is 1. The number of halogens is 1. The Balaban J connectivity index is 1.76. The normalized spacial score (nSPS) is 16.1. The van der Waals surface area contributed by atoms with Crippen LogP contribution in [0.5, 0.6) is 11.5 Å². The van der Waals surface area contributed by atoms with Crippen molar-refractivity contribution in [3.05, 3.63) is 58.6 Å². The van der Waals surface area contributed by atoms with Crippen molar-refractivity contribution in [2.75, 3.05) is 13.2 Å². The highest BCUT2D eigenvalue weighted by atomic mass is 35.5. The molecule has 4 heteroatoms. The summed E-state index contributed by atoms with van der Waals surface area (Å²) in [5, 5.41) is 9.52. The molecule has 1 unspecified atom stereocenters. The van der Waals surface area contributed by atoms with Gasteiger partial charge in [0.1, 0.15) is 23.1 Å². The molecule has 1 heterocycles. The van der Waals surface area contributed by atoms with Gasteiger partial charge in [0.15, 0.2) is 0 Å². The predicted molar refractivity (Wildman–Crippen MR) is 76.3 cm³/mol. The maximum Gasteiger partial charge on any atom is 0.138 e. The van der Waals surface area contributed by atoms with Crippen LogP contribution in [0, 0.1) is 11.3 Å². The van der Waals surface area contributed by atoms with Gasteiger partial charge in [-0.15, -0.1) is 0 Å². The molecule has 1 atom stereocenters. The number of hydrogen-bond acceptors (Lipinski definition) is 3. The van der Waals surface area contributed by atoms with Crippen molar-refractivity contribution in [2.24, 2.45) is 0 Å². The molecule has 0 saturated heterocycles. The van der Waals surface area contributed by atoms with E-state index in [1.165, 1.54) is 0 Å². The lowest BCUT2D eigenvalue weighted by atomic mass is 10.0. The molecular formula is C16H12ClNO2. The summed E-state index contributed by atoms with van der Waals surface area (Å²) in [5.74, 6) is 1.61. The molecule has 1 aliphatic rings. The molecule has 2 aromatic rings. The first kappa shape index (κ1) is 12.8. The van der Waals surface area contributed by atoms with Crippen LogP contribution in [0.4, 0.5) is 0 Å². The molecule has 0 saturated carbocycles. The molecule has 2 aromatic carbocycles. The second-order valence-electron chi connectivity index (χ2n) is 4.58. The van der Waals surface area contributed by atoms with E-state index >= 15 is 0 Å². The Morgan fingerprint density at radius 2 is 2.10 bits per heavy atom. The van der Waals surface area contributed by atoms with Crippen molar-refractivity contribution in [3.8, 4) is 17.6 Å². The van der Waals surface area contributed by atoms with Crippen LogP contribution < -0.4 is 9.47 Å². The molecule has 100 valence electrons. The molecule has 0 fully saturated rings. The third-order valence-corrected chi connectivity index (χ3v) is 3.64. The quantitative estimate of drug-likeness (QED) is 0.862. The maximum atomic E-state index is 9.11. The minimum atomic E-state index is 0.178. The van der Waals surface area contributed by atoms with Crippen LogP contribution in [-0.2, 0) is 0 Å². The van der Waals surface area contributed by atoms with E-state index in [2.05, 4.69) is 6.07 Å². The molecule has 20 heavy (non-hydrogen) atoms. The molecule has 1 aliphatic heterocycles. The average molecular weight is 286 g/mol. The van der Waals surface area contributed by atoms with Crippen LogP contribution in [0.25, 0.3) is 0 Å². The molecule has 0 spiro atoms. The van der Waals surface area contributed by atoms with Gasteiger partial charge < -0.3 is 9.47 Å². The lowest BCUT2D eigenvalue weighted by Crippen LogP contribution is -2.12. The summed E-state index contributed by atoms with van der Waals surface area (Å²) >= 11 is 5.98. The largest absolute Gasteiger partial charge is 0.493 e. The van der Waals surface area contributed by atoms with Crippen LogP contribution in [0.2, 0.25) is 5.02 Å². The highest BCUT2D eigenvalue weighted by Gasteiger charge is 2.24. The van der Waals surface area contributed by atoms with E-state index in [0.717, 1.165) is 11.3 Å². The van der Waals surface area contributed by atoms with Gasteiger partial charge in [-0.3, -0.25) is 0 Å². The Bertz CT molecular complexity index is 678. The van der Waals surface area contributed by atoms with E-state index < -0.39 is 0 Å². The number of hydrogen-bond donors (Lipinski definition) is 0. The monoisotopic (exact) mass is 285 g/mol. The Morgan fingerprint density at radius 3 is 2.95 bits per heavy atom. The average Bonchev–Trinajstić information content (AvgIpc) is 2.88. The van der Waals surface area contributed by atoms with Gasteiger partial charge in [0.2, 0.25) is 0 Å². The predicted octanol–water partition coefficient (Wildman–Crippen LogP) is 3.77. The molecule has 3 nitrogen and oxygen atoms in total. The van der Waals surface area contributed by atoms with Gasteiger partial charge in [0, 0.05) is 5.56 Å². The number of ether oxygens (including phenoxy) is 2. The standard InChI is InChI=1S/C16H12ClNO2/c17-14-5-3-7-16(13(14)8-18)20-10-11-9-19-15-6-2-1-4-12(11)15/h1-7,11H,9-10H2. The fourth-order valence-corrected chi connectivity index (χ4v) is 2.50. The molecule has 0 bridgehead atoms. The van der Waals surface area contributed by atoms with Gasteiger partial charge in [-0.1, -0.05) is 35.9 Å². The summed E-state index contributed by atoms with van der Waals surface area (Å²) in [6, 6.07) is 15.2. The van der Waals surface area contributed by atoms with E-state index in [9.17, 15) is 0 Å². The third kappa shape index (κ3) is 2.31. The van der Waals surface area contributed by atoms with Crippen molar-refractivity contribution in [1.29, 1.82) is 5.26 Å². The van der Waals surface area contributed by atoms with Crippen molar-refractivity contribution < 1.29 is 9.47 Å². The topological polar surface area (TPSA) is 42.2 Å². The van der Waals surface area contributed by atoms with E-state index in [4.69, 9.17) is 26.3 Å². The zero-order valence-electron chi connectivity index (χ0n) is 10.7. The second kappa shape index (κ2) is 5.44. The molecule has 0 N–H and O–H groups in total. The number of nitriles is 1. The minimum Gasteiger partial charge on any atom is -0.493 e. The summed E-state index contributed by atoms with van der Waals surface area (Å²) < 4.78 is 11.4. The van der Waals surface area contributed by atoms with Gasteiger partial charge in [0.25, 0.3) is 0 Å². The Kier molecular flexibility index (Phi) is 3.49. The fraction of sp³-hybridized carbons (Fsp3) is 0.188. The van der Waals surface area contributed by atoms with Gasteiger partial charge in [-0.2, -0.15) is 5.26 Å². The van der Waals surface area contributed by atoms with E-state index in [1.807, 2.05) is 24.3 Å². The van der Waals surface area contributed by atoms with Crippen LogP contribution in [0.1, 0.15) is 17.0 Å². The molecule has 0 aliphatic carbocycles. The minimum absolute atomic E-state index is 0.178. The summed E-state index contributed by atoms with van der Waals surface area (Å²) in [6.07, 6.45) is 0. The zero-order chi connectivity index (χ0) is 13.9. The summed E-state index contributed by atoms with van der Waals surface area (Å²) in [6.45, 7) is 1.06. The maximum absolute atomic E-state index is 9.11. The van der Waals surface area contributed by atoms with E-state index in [1.54, 1.807) is 18.2 Å². The first-order chi connectivity index (χ1) is 9.79. The van der Waals surface area contributed by atoms with Crippen LogP contribution >= 0.6 is 11.6 Å². The number of fused-ring (bicyclic) bond motifs is 1. The molecule has 0 radical (unpaired) electrons. The fourth-order valence-electron chi connectivity index (χ4n) is 2.29. The Labute approximate surface area is 122 Å². The number of rotatable bonds is 3. The smallest absolute Gasteiger partial charge is 0.138 e. The third-order valence-electron chi connectivity index (χ3n) is 3.33. The van der Waals surface area contributed by atoms with E-state index in [0.29, 0.717) is 29.5 Å². The number of benzene rings is 2. The highest BCUT2D eigenvalue weighted by molar-refractivity contribution is 6.31. The SMILES string of the molecule is N#Cc1c(Cl)cccc1OCC1COc2ccccc21. The molecule has 0 amide bonds. The van der Waals surface area contributed by atoms with Crippen LogP contribution in [0.15, 0.2) is 42.5 Å². The lowest BCUT2D eigenvalue weighted by molar-refractivity contribution is 0.248. The molecule has 0 aromatic heterocycles. The van der Waals surface area contributed by atoms with Gasteiger partial charge in [-0.25, -0.2) is 0 Å². The van der Waals surface area contributed by atoms with Crippen LogP contribution in [0.3, 0.4) is 0 Å². The first-order valence-corrected chi connectivity index (χ1v) is 6.70. The summed E-state index contributed by atoms with van der Waals surface area (Å²) in [5.41, 5.74) is 1.52. The summed E-state index contributed by atoms with van der Waals surface area (Å²) in [4.78, 5) is 0. The van der Waals surface area contributed by atoms with E-state index in [-0.39, 0.29) is 5.92 Å². The molecule has 3 rings (SSSR count). The second-order valence-corrected chi connectivity index (χ2v) is 4.99. The van der Waals surface area contributed by atoms with Crippen molar-refractivity contribution in [1.82, 2.24) is 0 Å². The lowest BCUT2D eigenvalue weighted by Gasteiger charge is -2.12. The Morgan fingerprint density at radius 1 is 1.25 bits per heavy atom. The first-order valence-electron chi connectivity index (χ1n) is 6.32. The zero-order valence-corrected chi connectivity index (χ0v) is 11.4. The van der Waals surface area contributed by atoms with Crippen molar-refractivity contribution in [3.63, 3.8) is 0 Å². The molecular weight excluding hydrogens is 274 g/mol. The van der Waals surface area contributed by atoms with Gasteiger partial charge in [-0.05, 0) is 18.2 Å².